The van der Waals surface area contributed by atoms with E-state index >= 15 is 0 Å². The highest BCUT2D eigenvalue weighted by Gasteiger charge is 2.34. The number of hydrogen-bond acceptors (Lipinski definition) is 6. The van der Waals surface area contributed by atoms with Crippen LogP contribution in [0.15, 0.2) is 113 Å². The van der Waals surface area contributed by atoms with Gasteiger partial charge in [-0.15, -0.1) is 11.8 Å². The van der Waals surface area contributed by atoms with Crippen molar-refractivity contribution in [2.24, 2.45) is 5.92 Å². The third-order valence-corrected chi connectivity index (χ3v) is 10.1. The molecule has 0 fully saturated rings. The molecule has 4 rings (SSSR count). The van der Waals surface area contributed by atoms with Crippen LogP contribution in [0.5, 0.6) is 5.75 Å². The Morgan fingerprint density at radius 2 is 1.52 bits per heavy atom. The van der Waals surface area contributed by atoms with Crippen molar-refractivity contribution in [3.05, 3.63) is 120 Å². The lowest BCUT2D eigenvalue weighted by atomic mass is 10.0. The number of benzene rings is 4. The molecule has 0 aliphatic heterocycles. The minimum absolute atomic E-state index is 0.0163. The minimum Gasteiger partial charge on any atom is -0.494 e. The summed E-state index contributed by atoms with van der Waals surface area (Å²) in [6.07, 6.45) is 2.08. The molecule has 48 heavy (non-hydrogen) atoms. The van der Waals surface area contributed by atoms with Crippen LogP contribution in [0.4, 0.5) is 10.1 Å². The van der Waals surface area contributed by atoms with Crippen molar-refractivity contribution in [2.75, 3.05) is 30.3 Å². The number of nitrogens with zero attached hydrogens (tertiary/aromatic N) is 2. The zero-order chi connectivity index (χ0) is 34.7. The van der Waals surface area contributed by atoms with Gasteiger partial charge in [0.25, 0.3) is 10.0 Å². The normalized spacial score (nSPS) is 12.0. The molecule has 0 radical (unpaired) electrons. The molecular formula is C37H42FN3O5S2. The first-order valence-electron chi connectivity index (χ1n) is 15.8. The molecule has 0 aliphatic rings. The highest BCUT2D eigenvalue weighted by molar-refractivity contribution is 7.98. The monoisotopic (exact) mass is 691 g/mol. The Bertz CT molecular complexity index is 1730. The second kappa shape index (κ2) is 17.2. The fraction of sp³-hybridized carbons (Fsp3) is 0.297. The predicted molar refractivity (Wildman–Crippen MR) is 189 cm³/mol. The number of anilines is 1. The number of halogens is 1. The lowest BCUT2D eigenvalue weighted by Crippen LogP contribution is -2.53. The van der Waals surface area contributed by atoms with Crippen LogP contribution in [-0.2, 0) is 32.6 Å². The Kier molecular flexibility index (Phi) is 13.0. The van der Waals surface area contributed by atoms with Gasteiger partial charge in [-0.1, -0.05) is 56.3 Å². The van der Waals surface area contributed by atoms with Crippen molar-refractivity contribution >= 4 is 39.3 Å². The molecule has 0 unspecified atom stereocenters. The zero-order valence-corrected chi connectivity index (χ0v) is 29.3. The predicted octanol–water partition coefficient (Wildman–Crippen LogP) is 6.55. The molecule has 0 spiro atoms. The quantitative estimate of drug-likeness (QED) is 0.134. The summed E-state index contributed by atoms with van der Waals surface area (Å²) in [6.45, 7) is 5.97. The van der Waals surface area contributed by atoms with E-state index < -0.39 is 34.3 Å². The van der Waals surface area contributed by atoms with E-state index in [4.69, 9.17) is 4.74 Å². The van der Waals surface area contributed by atoms with E-state index in [1.54, 1.807) is 48.5 Å². The lowest BCUT2D eigenvalue weighted by molar-refractivity contribution is -0.140. The number of sulfonamides is 1. The summed E-state index contributed by atoms with van der Waals surface area (Å²) < 4.78 is 49.0. The summed E-state index contributed by atoms with van der Waals surface area (Å²) in [4.78, 5) is 30.7. The number of nitrogens with one attached hydrogen (secondary N) is 1. The molecule has 4 aromatic carbocycles. The van der Waals surface area contributed by atoms with Gasteiger partial charge in [0.2, 0.25) is 11.8 Å². The van der Waals surface area contributed by atoms with Crippen LogP contribution in [0.2, 0.25) is 0 Å². The van der Waals surface area contributed by atoms with Crippen molar-refractivity contribution in [1.29, 1.82) is 0 Å². The van der Waals surface area contributed by atoms with Crippen molar-refractivity contribution in [3.63, 3.8) is 0 Å². The maximum atomic E-state index is 14.6. The zero-order valence-electron chi connectivity index (χ0n) is 27.6. The molecule has 0 heterocycles. The first-order valence-corrected chi connectivity index (χ1v) is 18.4. The van der Waals surface area contributed by atoms with Gasteiger partial charge < -0.3 is 15.0 Å². The number of carbonyl (C=O) groups is 2. The molecule has 4 aromatic rings. The first kappa shape index (κ1) is 36.5. The highest BCUT2D eigenvalue weighted by atomic mass is 32.2. The Balaban J connectivity index is 1.79. The summed E-state index contributed by atoms with van der Waals surface area (Å²) in [5.41, 5.74) is 1.66. The lowest BCUT2D eigenvalue weighted by Gasteiger charge is -2.34. The van der Waals surface area contributed by atoms with Gasteiger partial charge in [0.1, 0.15) is 24.2 Å². The van der Waals surface area contributed by atoms with Crippen molar-refractivity contribution in [2.45, 2.75) is 49.6 Å². The van der Waals surface area contributed by atoms with Gasteiger partial charge in [-0.25, -0.2) is 12.8 Å². The van der Waals surface area contributed by atoms with Gasteiger partial charge in [0.15, 0.2) is 0 Å². The maximum Gasteiger partial charge on any atom is 0.264 e. The fourth-order valence-electron chi connectivity index (χ4n) is 5.04. The van der Waals surface area contributed by atoms with Crippen LogP contribution in [0, 0.1) is 11.7 Å². The Labute approximate surface area is 287 Å². The van der Waals surface area contributed by atoms with Gasteiger partial charge in [0.05, 0.1) is 17.2 Å². The largest absolute Gasteiger partial charge is 0.494 e. The van der Waals surface area contributed by atoms with E-state index in [1.165, 1.54) is 40.9 Å². The second-order valence-electron chi connectivity index (χ2n) is 11.6. The molecule has 0 aromatic heterocycles. The molecule has 254 valence electrons. The van der Waals surface area contributed by atoms with Crippen molar-refractivity contribution in [3.8, 4) is 5.75 Å². The fourth-order valence-corrected chi connectivity index (χ4v) is 6.86. The Morgan fingerprint density at radius 1 is 0.875 bits per heavy atom. The molecular weight excluding hydrogens is 650 g/mol. The summed E-state index contributed by atoms with van der Waals surface area (Å²) in [5.74, 6) is -0.695. The maximum absolute atomic E-state index is 14.6. The number of hydrogen-bond donors (Lipinski definition) is 1. The average molecular weight is 692 g/mol. The number of amides is 2. The van der Waals surface area contributed by atoms with Crippen LogP contribution in [0.3, 0.4) is 0 Å². The molecule has 0 bridgehead atoms. The van der Waals surface area contributed by atoms with E-state index in [0.717, 1.165) is 14.8 Å². The number of carbonyl (C=O) groups excluding carboxylic acids is 2. The van der Waals surface area contributed by atoms with Crippen molar-refractivity contribution < 1.29 is 27.1 Å². The number of thioether (sulfide) groups is 1. The SMILES string of the molecule is CCOc1ccc(N(CC(=O)N(Cc2ccc(F)cc2)[C@H](Cc2ccccc2)C(=O)NCC(C)C)S(=O)(=O)c2ccc(SC)cc2)cc1. The van der Waals surface area contributed by atoms with E-state index in [-0.39, 0.29) is 35.4 Å². The summed E-state index contributed by atoms with van der Waals surface area (Å²) in [5, 5.41) is 2.96. The summed E-state index contributed by atoms with van der Waals surface area (Å²) in [7, 11) is -4.25. The van der Waals surface area contributed by atoms with Gasteiger partial charge in [-0.05, 0) is 90.9 Å². The second-order valence-corrected chi connectivity index (χ2v) is 14.3. The molecule has 0 saturated carbocycles. The van der Waals surface area contributed by atoms with E-state index in [0.29, 0.717) is 24.5 Å². The van der Waals surface area contributed by atoms with Gasteiger partial charge in [-0.3, -0.25) is 13.9 Å². The standard InChI is InChI=1S/C37H42FN3O5S2/c1-5-46-32-17-15-31(16-18-32)41(48(44,45)34-21-19-33(47-4)20-22-34)26-36(42)40(25-29-11-13-30(38)14-12-29)35(37(43)39-24-27(2)3)23-28-9-7-6-8-10-28/h6-22,27,35H,5,23-26H2,1-4H3,(H,39,43)/t35-/m1/s1. The highest BCUT2D eigenvalue weighted by Crippen LogP contribution is 2.28. The van der Waals surface area contributed by atoms with Crippen LogP contribution in [0.1, 0.15) is 31.9 Å². The number of ether oxygens (including phenoxy) is 1. The first-order chi connectivity index (χ1) is 23.0. The molecule has 1 atom stereocenters. The number of rotatable bonds is 16. The third kappa shape index (κ3) is 9.84. The Morgan fingerprint density at radius 3 is 2.10 bits per heavy atom. The molecule has 2 amide bonds. The topological polar surface area (TPSA) is 96.0 Å². The minimum atomic E-state index is -4.25. The van der Waals surface area contributed by atoms with Gasteiger partial charge in [-0.2, -0.15) is 0 Å². The summed E-state index contributed by atoms with van der Waals surface area (Å²) >= 11 is 1.48. The van der Waals surface area contributed by atoms with E-state index in [9.17, 15) is 22.4 Å². The molecule has 0 saturated heterocycles. The third-order valence-electron chi connectivity index (χ3n) is 7.58. The van der Waals surface area contributed by atoms with Crippen LogP contribution >= 0.6 is 11.8 Å². The van der Waals surface area contributed by atoms with E-state index in [2.05, 4.69) is 5.32 Å². The van der Waals surface area contributed by atoms with Crippen molar-refractivity contribution in [1.82, 2.24) is 10.2 Å². The molecule has 11 heteroatoms. The summed E-state index contributed by atoms with van der Waals surface area (Å²) in [6, 6.07) is 26.9. The average Bonchev–Trinajstić information content (AvgIpc) is 3.09. The molecule has 8 nitrogen and oxygen atoms in total. The van der Waals surface area contributed by atoms with Crippen LogP contribution in [-0.4, -0.2) is 57.1 Å². The van der Waals surface area contributed by atoms with Crippen LogP contribution < -0.4 is 14.4 Å². The smallest absolute Gasteiger partial charge is 0.264 e. The molecule has 0 aliphatic carbocycles. The van der Waals surface area contributed by atoms with Gasteiger partial charge in [0, 0.05) is 24.4 Å². The van der Waals surface area contributed by atoms with E-state index in [1.807, 2.05) is 57.4 Å². The van der Waals surface area contributed by atoms with Gasteiger partial charge >= 0.3 is 0 Å². The molecule has 1 N–H and O–H groups in total. The Hall–Kier alpha value is -4.35. The van der Waals surface area contributed by atoms with Crippen LogP contribution in [0.25, 0.3) is 0 Å².